The fourth-order valence-corrected chi connectivity index (χ4v) is 2.54. The van der Waals surface area contributed by atoms with Gasteiger partial charge in [0, 0.05) is 16.4 Å². The van der Waals surface area contributed by atoms with Gasteiger partial charge < -0.3 is 5.32 Å². The zero-order valence-corrected chi connectivity index (χ0v) is 12.6. The molecule has 1 amide bonds. The van der Waals surface area contributed by atoms with Crippen LogP contribution in [0.5, 0.6) is 0 Å². The third-order valence-corrected chi connectivity index (χ3v) is 3.66. The largest absolute Gasteiger partial charge is 0.347 e. The molecular formula is C14H19BrFNO. The molecule has 0 spiro atoms. The molecule has 0 heterocycles. The summed E-state index contributed by atoms with van der Waals surface area (Å²) in [6, 6.07) is 4.43. The van der Waals surface area contributed by atoms with Gasteiger partial charge >= 0.3 is 0 Å². The Hall–Kier alpha value is -0.900. The normalized spacial score (nSPS) is 14.1. The summed E-state index contributed by atoms with van der Waals surface area (Å²) in [5.41, 5.74) is 0.757. The van der Waals surface area contributed by atoms with Gasteiger partial charge in [0.2, 0.25) is 0 Å². The van der Waals surface area contributed by atoms with Crippen molar-refractivity contribution in [2.75, 3.05) is 5.33 Å². The Labute approximate surface area is 116 Å². The van der Waals surface area contributed by atoms with Crippen LogP contribution in [0.3, 0.4) is 0 Å². The topological polar surface area (TPSA) is 29.1 Å². The van der Waals surface area contributed by atoms with Crippen LogP contribution in [0.25, 0.3) is 0 Å². The van der Waals surface area contributed by atoms with Crippen molar-refractivity contribution in [3.8, 4) is 0 Å². The van der Waals surface area contributed by atoms with E-state index in [-0.39, 0.29) is 17.3 Å². The number of rotatable bonds is 5. The number of aryl methyl sites for hydroxylation is 1. The van der Waals surface area contributed by atoms with E-state index in [1.807, 2.05) is 13.8 Å². The first-order chi connectivity index (χ1) is 8.41. The third-order valence-electron chi connectivity index (χ3n) is 3.26. The van der Waals surface area contributed by atoms with Crippen LogP contribution >= 0.6 is 15.9 Å². The maximum absolute atomic E-state index is 13.1. The van der Waals surface area contributed by atoms with Gasteiger partial charge in [-0.15, -0.1) is 0 Å². The summed E-state index contributed by atoms with van der Waals surface area (Å²) in [7, 11) is 0. The Bertz CT molecular complexity index is 436. The van der Waals surface area contributed by atoms with E-state index in [1.54, 1.807) is 13.0 Å². The maximum Gasteiger partial charge on any atom is 0.251 e. The van der Waals surface area contributed by atoms with Gasteiger partial charge in [-0.25, -0.2) is 4.39 Å². The molecule has 1 aromatic carbocycles. The number of alkyl halides is 1. The Morgan fingerprint density at radius 3 is 2.67 bits per heavy atom. The molecule has 1 N–H and O–H groups in total. The Kier molecular flexibility index (Phi) is 5.32. The van der Waals surface area contributed by atoms with Crippen molar-refractivity contribution < 1.29 is 9.18 Å². The SMILES string of the molecule is CCC(C)(CCBr)NC(=O)c1ccc(F)c(C)c1. The lowest BCUT2D eigenvalue weighted by Crippen LogP contribution is -2.45. The molecule has 2 nitrogen and oxygen atoms in total. The van der Waals surface area contributed by atoms with Crippen LogP contribution in [0.1, 0.15) is 42.6 Å². The van der Waals surface area contributed by atoms with E-state index in [4.69, 9.17) is 0 Å². The van der Waals surface area contributed by atoms with Crippen LogP contribution in [-0.2, 0) is 0 Å². The number of hydrogen-bond acceptors (Lipinski definition) is 1. The van der Waals surface area contributed by atoms with E-state index >= 15 is 0 Å². The molecule has 1 unspecified atom stereocenters. The molecule has 0 radical (unpaired) electrons. The Morgan fingerprint density at radius 1 is 1.50 bits per heavy atom. The molecule has 1 aromatic rings. The minimum Gasteiger partial charge on any atom is -0.347 e. The lowest BCUT2D eigenvalue weighted by atomic mass is 9.95. The lowest BCUT2D eigenvalue weighted by Gasteiger charge is -2.29. The summed E-state index contributed by atoms with van der Waals surface area (Å²) in [6.45, 7) is 5.71. The van der Waals surface area contributed by atoms with E-state index < -0.39 is 0 Å². The average molecular weight is 316 g/mol. The van der Waals surface area contributed by atoms with E-state index in [2.05, 4.69) is 21.2 Å². The van der Waals surface area contributed by atoms with Crippen molar-refractivity contribution in [3.05, 3.63) is 35.1 Å². The first-order valence-electron chi connectivity index (χ1n) is 6.06. The molecule has 0 bridgehead atoms. The van der Waals surface area contributed by atoms with Gasteiger partial charge in [-0.2, -0.15) is 0 Å². The van der Waals surface area contributed by atoms with Crippen molar-refractivity contribution in [1.82, 2.24) is 5.32 Å². The van der Waals surface area contributed by atoms with Crippen molar-refractivity contribution in [1.29, 1.82) is 0 Å². The number of nitrogens with one attached hydrogen (secondary N) is 1. The van der Waals surface area contributed by atoms with Crippen molar-refractivity contribution >= 4 is 21.8 Å². The van der Waals surface area contributed by atoms with Gasteiger partial charge in [-0.05, 0) is 50.5 Å². The van der Waals surface area contributed by atoms with Crippen LogP contribution in [0, 0.1) is 12.7 Å². The lowest BCUT2D eigenvalue weighted by molar-refractivity contribution is 0.0901. The standard InChI is InChI=1S/C14H19BrFNO/c1-4-14(3,7-8-15)17-13(18)11-5-6-12(16)10(2)9-11/h5-6,9H,4,7-8H2,1-3H3,(H,17,18). The summed E-state index contributed by atoms with van der Waals surface area (Å²) in [4.78, 5) is 12.1. The fraction of sp³-hybridized carbons (Fsp3) is 0.500. The highest BCUT2D eigenvalue weighted by Gasteiger charge is 2.24. The minimum atomic E-state index is -0.287. The quantitative estimate of drug-likeness (QED) is 0.822. The van der Waals surface area contributed by atoms with Gasteiger partial charge in [-0.3, -0.25) is 4.79 Å². The van der Waals surface area contributed by atoms with Crippen LogP contribution in [0.15, 0.2) is 18.2 Å². The van der Waals surface area contributed by atoms with Crippen LogP contribution < -0.4 is 5.32 Å². The van der Waals surface area contributed by atoms with Crippen LogP contribution in [0.4, 0.5) is 4.39 Å². The fourth-order valence-electron chi connectivity index (χ4n) is 1.67. The average Bonchev–Trinajstić information content (AvgIpc) is 2.32. The van der Waals surface area contributed by atoms with Crippen LogP contribution in [0.2, 0.25) is 0 Å². The number of benzene rings is 1. The van der Waals surface area contributed by atoms with Gasteiger partial charge in [0.1, 0.15) is 5.82 Å². The van der Waals surface area contributed by atoms with Crippen molar-refractivity contribution in [2.24, 2.45) is 0 Å². The molecule has 4 heteroatoms. The summed E-state index contributed by atoms with van der Waals surface area (Å²) < 4.78 is 13.1. The molecule has 0 aromatic heterocycles. The summed E-state index contributed by atoms with van der Waals surface area (Å²) >= 11 is 3.39. The monoisotopic (exact) mass is 315 g/mol. The predicted octanol–water partition coefficient (Wildman–Crippen LogP) is 3.82. The van der Waals surface area contributed by atoms with Gasteiger partial charge in [0.15, 0.2) is 0 Å². The Balaban J connectivity index is 2.84. The van der Waals surface area contributed by atoms with Crippen LogP contribution in [-0.4, -0.2) is 16.8 Å². The second-order valence-electron chi connectivity index (χ2n) is 4.77. The van der Waals surface area contributed by atoms with Gasteiger partial charge in [-0.1, -0.05) is 22.9 Å². The van der Waals surface area contributed by atoms with Crippen molar-refractivity contribution in [3.63, 3.8) is 0 Å². The zero-order valence-electron chi connectivity index (χ0n) is 11.0. The molecule has 1 rings (SSSR count). The highest BCUT2D eigenvalue weighted by Crippen LogP contribution is 2.17. The van der Waals surface area contributed by atoms with Crippen molar-refractivity contribution in [2.45, 2.75) is 39.2 Å². The molecule has 0 aliphatic carbocycles. The second-order valence-corrected chi connectivity index (χ2v) is 5.56. The molecule has 0 saturated heterocycles. The minimum absolute atomic E-state index is 0.150. The molecule has 0 saturated carbocycles. The summed E-state index contributed by atoms with van der Waals surface area (Å²) in [5.74, 6) is -0.436. The molecular weight excluding hydrogens is 297 g/mol. The maximum atomic E-state index is 13.1. The first-order valence-corrected chi connectivity index (χ1v) is 7.18. The van der Waals surface area contributed by atoms with E-state index in [0.29, 0.717) is 11.1 Å². The molecule has 0 fully saturated rings. The first kappa shape index (κ1) is 15.2. The summed E-state index contributed by atoms with van der Waals surface area (Å²) in [5, 5.41) is 3.85. The third kappa shape index (κ3) is 3.80. The molecule has 0 aliphatic rings. The van der Waals surface area contributed by atoms with Gasteiger partial charge in [0.05, 0.1) is 0 Å². The van der Waals surface area contributed by atoms with E-state index in [0.717, 1.165) is 18.2 Å². The van der Waals surface area contributed by atoms with E-state index in [1.165, 1.54) is 12.1 Å². The van der Waals surface area contributed by atoms with E-state index in [9.17, 15) is 9.18 Å². The molecule has 100 valence electrons. The number of carbonyl (C=O) groups excluding carboxylic acids is 1. The highest BCUT2D eigenvalue weighted by atomic mass is 79.9. The zero-order chi connectivity index (χ0) is 13.8. The second kappa shape index (κ2) is 6.32. The number of halogens is 2. The van der Waals surface area contributed by atoms with Gasteiger partial charge in [0.25, 0.3) is 5.91 Å². The number of hydrogen-bond donors (Lipinski definition) is 1. The molecule has 0 aliphatic heterocycles. The number of carbonyl (C=O) groups is 1. The molecule has 1 atom stereocenters. The smallest absolute Gasteiger partial charge is 0.251 e. The highest BCUT2D eigenvalue weighted by molar-refractivity contribution is 9.09. The number of amides is 1. The Morgan fingerprint density at radius 2 is 2.17 bits per heavy atom. The summed E-state index contributed by atoms with van der Waals surface area (Å²) in [6.07, 6.45) is 1.71. The molecule has 18 heavy (non-hydrogen) atoms. The predicted molar refractivity (Wildman–Crippen MR) is 75.7 cm³/mol.